The summed E-state index contributed by atoms with van der Waals surface area (Å²) in [4.78, 5) is 19.6. The zero-order valence-corrected chi connectivity index (χ0v) is 15.2. The highest BCUT2D eigenvalue weighted by atomic mass is 32.2. The molecule has 0 saturated carbocycles. The van der Waals surface area contributed by atoms with E-state index in [1.165, 1.54) is 11.8 Å². The molecule has 3 heterocycles. The number of H-pyrrole nitrogens is 1. The van der Waals surface area contributed by atoms with E-state index in [1.807, 2.05) is 34.9 Å². The van der Waals surface area contributed by atoms with Gasteiger partial charge in [-0.05, 0) is 38.1 Å². The molecule has 1 aromatic carbocycles. The van der Waals surface area contributed by atoms with E-state index in [2.05, 4.69) is 34.0 Å². The van der Waals surface area contributed by atoms with Crippen molar-refractivity contribution in [3.63, 3.8) is 0 Å². The molecule has 1 N–H and O–H groups in total. The van der Waals surface area contributed by atoms with E-state index in [-0.39, 0.29) is 11.6 Å². The van der Waals surface area contributed by atoms with Crippen LogP contribution in [0.3, 0.4) is 0 Å². The van der Waals surface area contributed by atoms with Gasteiger partial charge in [-0.3, -0.25) is 9.36 Å². The number of nitrogens with zero attached hydrogens (tertiary/aromatic N) is 4. The molecule has 0 aliphatic carbocycles. The molecule has 0 bridgehead atoms. The summed E-state index contributed by atoms with van der Waals surface area (Å²) < 4.78 is 7.47. The van der Waals surface area contributed by atoms with Crippen molar-refractivity contribution in [2.75, 3.05) is 0 Å². The number of hydrogen-bond acceptors (Lipinski definition) is 6. The molecule has 0 aliphatic heterocycles. The van der Waals surface area contributed by atoms with Gasteiger partial charge in [0.2, 0.25) is 5.82 Å². The minimum Gasteiger partial charge on any atom is -0.461 e. The second-order valence-corrected chi connectivity index (χ2v) is 7.01. The maximum atomic E-state index is 12.2. The molecule has 4 aromatic rings. The van der Waals surface area contributed by atoms with Crippen LogP contribution in [0.2, 0.25) is 0 Å². The molecule has 0 atom stereocenters. The lowest BCUT2D eigenvalue weighted by atomic mass is 10.2. The van der Waals surface area contributed by atoms with Crippen LogP contribution in [0.4, 0.5) is 0 Å². The number of furan rings is 1. The van der Waals surface area contributed by atoms with E-state index in [9.17, 15) is 4.79 Å². The Morgan fingerprint density at radius 2 is 2.04 bits per heavy atom. The summed E-state index contributed by atoms with van der Waals surface area (Å²) in [6, 6.07) is 11.2. The third kappa shape index (κ3) is 3.03. The van der Waals surface area contributed by atoms with Crippen LogP contribution in [0, 0.1) is 0 Å². The number of thioether (sulfide) groups is 1. The predicted octanol–water partition coefficient (Wildman–Crippen LogP) is 3.65. The van der Waals surface area contributed by atoms with Gasteiger partial charge in [-0.15, -0.1) is 10.2 Å². The number of nitrogens with one attached hydrogen (secondary N) is 1. The standard InChI is InChI=1S/C18H17N5O2S/c1-11(2)23-16(14-8-5-9-25-14)21-22-18(23)26-10-15-19-13-7-4-3-6-12(13)17(24)20-15/h3-9,11H,10H2,1-2H3,(H,19,20,24). The van der Waals surface area contributed by atoms with Gasteiger partial charge in [0.05, 0.1) is 22.9 Å². The molecule has 8 heteroatoms. The monoisotopic (exact) mass is 367 g/mol. The van der Waals surface area contributed by atoms with Crippen LogP contribution in [-0.2, 0) is 5.75 Å². The molecule has 0 radical (unpaired) electrons. The van der Waals surface area contributed by atoms with E-state index >= 15 is 0 Å². The van der Waals surface area contributed by atoms with E-state index < -0.39 is 0 Å². The van der Waals surface area contributed by atoms with Crippen molar-refractivity contribution in [3.05, 3.63) is 58.8 Å². The number of fused-ring (bicyclic) bond motifs is 1. The molecular weight excluding hydrogens is 350 g/mol. The molecular formula is C18H17N5O2S. The summed E-state index contributed by atoms with van der Waals surface area (Å²) in [5, 5.41) is 9.90. The molecule has 0 amide bonds. The summed E-state index contributed by atoms with van der Waals surface area (Å²) in [7, 11) is 0. The first-order valence-electron chi connectivity index (χ1n) is 8.23. The van der Waals surface area contributed by atoms with Gasteiger partial charge in [-0.25, -0.2) is 4.98 Å². The molecule has 0 fully saturated rings. The molecule has 0 unspecified atom stereocenters. The zero-order chi connectivity index (χ0) is 18.1. The average molecular weight is 367 g/mol. The Labute approximate surface area is 153 Å². The Morgan fingerprint density at radius 1 is 1.19 bits per heavy atom. The zero-order valence-electron chi connectivity index (χ0n) is 14.3. The summed E-state index contributed by atoms with van der Waals surface area (Å²) in [5.41, 5.74) is 0.557. The fourth-order valence-corrected chi connectivity index (χ4v) is 3.69. The van der Waals surface area contributed by atoms with Gasteiger partial charge < -0.3 is 9.40 Å². The van der Waals surface area contributed by atoms with Gasteiger partial charge in [0.1, 0.15) is 5.82 Å². The molecule has 0 spiro atoms. The number of aromatic amines is 1. The van der Waals surface area contributed by atoms with Gasteiger partial charge in [0.15, 0.2) is 10.9 Å². The number of benzene rings is 1. The van der Waals surface area contributed by atoms with E-state index in [1.54, 1.807) is 12.3 Å². The normalized spacial score (nSPS) is 11.5. The van der Waals surface area contributed by atoms with E-state index in [4.69, 9.17) is 4.42 Å². The molecule has 26 heavy (non-hydrogen) atoms. The topological polar surface area (TPSA) is 89.6 Å². The Morgan fingerprint density at radius 3 is 2.81 bits per heavy atom. The van der Waals surface area contributed by atoms with Crippen molar-refractivity contribution >= 4 is 22.7 Å². The third-order valence-corrected chi connectivity index (χ3v) is 4.88. The average Bonchev–Trinajstić information content (AvgIpc) is 3.29. The fraction of sp³-hybridized carbons (Fsp3) is 0.222. The molecule has 4 rings (SSSR count). The first-order valence-corrected chi connectivity index (χ1v) is 9.21. The number of para-hydroxylation sites is 1. The third-order valence-electron chi connectivity index (χ3n) is 3.92. The number of rotatable bonds is 5. The van der Waals surface area contributed by atoms with Crippen molar-refractivity contribution in [2.45, 2.75) is 30.8 Å². The van der Waals surface area contributed by atoms with Gasteiger partial charge in [-0.1, -0.05) is 23.9 Å². The van der Waals surface area contributed by atoms with Crippen LogP contribution in [0.5, 0.6) is 0 Å². The lowest BCUT2D eigenvalue weighted by Gasteiger charge is -2.12. The van der Waals surface area contributed by atoms with Gasteiger partial charge in [-0.2, -0.15) is 0 Å². The minimum atomic E-state index is -0.132. The first-order chi connectivity index (χ1) is 12.6. The van der Waals surface area contributed by atoms with Gasteiger partial charge in [0, 0.05) is 6.04 Å². The largest absolute Gasteiger partial charge is 0.461 e. The predicted molar refractivity (Wildman–Crippen MR) is 100 cm³/mol. The summed E-state index contributed by atoms with van der Waals surface area (Å²) >= 11 is 1.48. The Hall–Kier alpha value is -2.87. The maximum absolute atomic E-state index is 12.2. The van der Waals surface area contributed by atoms with Crippen molar-refractivity contribution in [1.29, 1.82) is 0 Å². The Bertz CT molecular complexity index is 1100. The molecule has 7 nitrogen and oxygen atoms in total. The van der Waals surface area contributed by atoms with Crippen LogP contribution < -0.4 is 5.56 Å². The summed E-state index contributed by atoms with van der Waals surface area (Å²) in [5.74, 6) is 2.46. The van der Waals surface area contributed by atoms with Crippen molar-refractivity contribution in [1.82, 2.24) is 24.7 Å². The summed E-state index contributed by atoms with van der Waals surface area (Å²) in [6.07, 6.45) is 1.62. The second-order valence-electron chi connectivity index (χ2n) is 6.07. The highest BCUT2D eigenvalue weighted by Gasteiger charge is 2.19. The SMILES string of the molecule is CC(C)n1c(SCc2nc3ccccc3c(=O)[nH]2)nnc1-c1ccco1. The Balaban J connectivity index is 1.63. The highest BCUT2D eigenvalue weighted by Crippen LogP contribution is 2.29. The number of hydrogen-bond donors (Lipinski definition) is 1. The smallest absolute Gasteiger partial charge is 0.258 e. The van der Waals surface area contributed by atoms with Crippen LogP contribution in [0.25, 0.3) is 22.5 Å². The van der Waals surface area contributed by atoms with Crippen molar-refractivity contribution in [3.8, 4) is 11.6 Å². The molecule has 0 saturated heterocycles. The van der Waals surface area contributed by atoms with Crippen LogP contribution in [-0.4, -0.2) is 24.7 Å². The lowest BCUT2D eigenvalue weighted by molar-refractivity contribution is 0.529. The van der Waals surface area contributed by atoms with E-state index in [0.29, 0.717) is 34.1 Å². The van der Waals surface area contributed by atoms with Crippen LogP contribution in [0.15, 0.2) is 57.0 Å². The first kappa shape index (κ1) is 16.6. The van der Waals surface area contributed by atoms with Gasteiger partial charge in [0.25, 0.3) is 5.56 Å². The van der Waals surface area contributed by atoms with Crippen molar-refractivity contribution < 1.29 is 4.42 Å². The molecule has 3 aromatic heterocycles. The number of aromatic nitrogens is 5. The van der Waals surface area contributed by atoms with Crippen molar-refractivity contribution in [2.24, 2.45) is 0 Å². The molecule has 132 valence electrons. The minimum absolute atomic E-state index is 0.132. The quantitative estimate of drug-likeness (QED) is 0.542. The Kier molecular flexibility index (Phi) is 4.34. The maximum Gasteiger partial charge on any atom is 0.258 e. The summed E-state index contributed by atoms with van der Waals surface area (Å²) in [6.45, 7) is 4.13. The van der Waals surface area contributed by atoms with Crippen LogP contribution >= 0.6 is 11.8 Å². The lowest BCUT2D eigenvalue weighted by Crippen LogP contribution is -2.11. The van der Waals surface area contributed by atoms with E-state index in [0.717, 1.165) is 5.16 Å². The second kappa shape index (κ2) is 6.80. The fourth-order valence-electron chi connectivity index (χ4n) is 2.75. The van der Waals surface area contributed by atoms with Crippen LogP contribution in [0.1, 0.15) is 25.7 Å². The highest BCUT2D eigenvalue weighted by molar-refractivity contribution is 7.98. The molecule has 0 aliphatic rings. The van der Waals surface area contributed by atoms with Gasteiger partial charge >= 0.3 is 0 Å².